The molecule has 3 aromatic rings. The first-order valence-corrected chi connectivity index (χ1v) is 11.6. The molecule has 1 saturated heterocycles. The van der Waals surface area contributed by atoms with Crippen LogP contribution in [0.2, 0.25) is 0 Å². The van der Waals surface area contributed by atoms with Crippen molar-refractivity contribution in [3.8, 4) is 17.0 Å². The Kier molecular flexibility index (Phi) is 5.61. The second-order valence-electron chi connectivity index (χ2n) is 7.73. The van der Waals surface area contributed by atoms with Crippen molar-refractivity contribution in [2.45, 2.75) is 13.8 Å². The Hall–Kier alpha value is -2.72. The van der Waals surface area contributed by atoms with Crippen molar-refractivity contribution in [1.29, 1.82) is 0 Å². The quantitative estimate of drug-likeness (QED) is 0.590. The van der Waals surface area contributed by atoms with Crippen molar-refractivity contribution in [2.24, 2.45) is 5.92 Å². The van der Waals surface area contributed by atoms with Gasteiger partial charge in [0.15, 0.2) is 5.65 Å². The summed E-state index contributed by atoms with van der Waals surface area (Å²) in [4.78, 5) is 11.2. The Labute approximate surface area is 176 Å². The van der Waals surface area contributed by atoms with Crippen LogP contribution < -0.4 is 9.64 Å². The molecule has 3 aromatic heterocycles. The van der Waals surface area contributed by atoms with E-state index in [1.165, 1.54) is 0 Å². The zero-order chi connectivity index (χ0) is 21.3. The van der Waals surface area contributed by atoms with Gasteiger partial charge < -0.3 is 9.64 Å². The topological polar surface area (TPSA) is 92.9 Å². The number of hydrogen-bond acceptors (Lipinski definition) is 7. The van der Waals surface area contributed by atoms with Crippen LogP contribution in [0.5, 0.6) is 5.88 Å². The minimum absolute atomic E-state index is 0.113. The summed E-state index contributed by atoms with van der Waals surface area (Å²) in [5, 5.41) is 4.39. The molecule has 0 bridgehead atoms. The molecule has 4 heterocycles. The minimum atomic E-state index is -3.21. The van der Waals surface area contributed by atoms with Gasteiger partial charge in [-0.05, 0) is 24.1 Å². The molecule has 0 aliphatic carbocycles. The molecule has 0 amide bonds. The zero-order valence-electron chi connectivity index (χ0n) is 17.4. The first-order valence-electron chi connectivity index (χ1n) is 9.95. The Morgan fingerprint density at radius 3 is 2.60 bits per heavy atom. The standard InChI is InChI=1S/C20H26N6O3S/c1-15(2)14-30(27,28)25-11-9-24(10-12-25)18-6-8-26-19(23-18)17(13-22-26)16-5-4-7-21-20(16)29-3/h4-8,13,15H,9-12,14H2,1-3H3. The summed E-state index contributed by atoms with van der Waals surface area (Å²) in [6.07, 6.45) is 5.30. The molecule has 0 atom stereocenters. The number of piperazine rings is 1. The maximum absolute atomic E-state index is 12.5. The van der Waals surface area contributed by atoms with Gasteiger partial charge in [0.2, 0.25) is 15.9 Å². The highest BCUT2D eigenvalue weighted by Gasteiger charge is 2.28. The second kappa shape index (κ2) is 8.19. The van der Waals surface area contributed by atoms with Crippen LogP contribution in [0.1, 0.15) is 13.8 Å². The predicted octanol–water partition coefficient (Wildman–Crippen LogP) is 1.91. The fourth-order valence-electron chi connectivity index (χ4n) is 3.71. The van der Waals surface area contributed by atoms with E-state index in [1.54, 1.807) is 28.3 Å². The third kappa shape index (κ3) is 3.97. The Bertz CT molecular complexity index is 1140. The Morgan fingerprint density at radius 2 is 1.90 bits per heavy atom. The molecule has 1 fully saturated rings. The summed E-state index contributed by atoms with van der Waals surface area (Å²) < 4.78 is 33.7. The Morgan fingerprint density at radius 1 is 1.13 bits per heavy atom. The summed E-state index contributed by atoms with van der Waals surface area (Å²) in [7, 11) is -1.63. The largest absolute Gasteiger partial charge is 0.481 e. The van der Waals surface area contributed by atoms with Crippen LogP contribution in [0.4, 0.5) is 5.82 Å². The maximum atomic E-state index is 12.5. The van der Waals surface area contributed by atoms with E-state index < -0.39 is 10.0 Å². The van der Waals surface area contributed by atoms with Crippen molar-refractivity contribution in [3.05, 3.63) is 36.8 Å². The number of anilines is 1. The minimum Gasteiger partial charge on any atom is -0.481 e. The van der Waals surface area contributed by atoms with E-state index in [9.17, 15) is 8.42 Å². The highest BCUT2D eigenvalue weighted by molar-refractivity contribution is 7.89. The number of methoxy groups -OCH3 is 1. The second-order valence-corrected chi connectivity index (χ2v) is 9.74. The highest BCUT2D eigenvalue weighted by atomic mass is 32.2. The van der Waals surface area contributed by atoms with Gasteiger partial charge in [-0.1, -0.05) is 13.8 Å². The number of fused-ring (bicyclic) bond motifs is 1. The molecule has 4 rings (SSSR count). The van der Waals surface area contributed by atoms with Gasteiger partial charge >= 0.3 is 0 Å². The first kappa shape index (κ1) is 20.5. The van der Waals surface area contributed by atoms with Crippen LogP contribution in [-0.2, 0) is 10.0 Å². The fraction of sp³-hybridized carbons (Fsp3) is 0.450. The lowest BCUT2D eigenvalue weighted by atomic mass is 10.1. The number of hydrogen-bond donors (Lipinski definition) is 0. The third-order valence-corrected chi connectivity index (χ3v) is 7.35. The normalized spacial score (nSPS) is 15.8. The molecule has 1 aliphatic rings. The molecule has 0 saturated carbocycles. The van der Waals surface area contributed by atoms with Crippen molar-refractivity contribution in [3.63, 3.8) is 0 Å². The number of sulfonamides is 1. The molecule has 30 heavy (non-hydrogen) atoms. The molecule has 0 aromatic carbocycles. The van der Waals surface area contributed by atoms with E-state index in [1.807, 2.05) is 38.2 Å². The first-order chi connectivity index (χ1) is 14.4. The van der Waals surface area contributed by atoms with Gasteiger partial charge in [-0.2, -0.15) is 9.40 Å². The maximum Gasteiger partial charge on any atom is 0.221 e. The molecular weight excluding hydrogens is 404 g/mol. The third-order valence-electron chi connectivity index (χ3n) is 5.11. The molecule has 10 heteroatoms. The number of ether oxygens (including phenoxy) is 1. The van der Waals surface area contributed by atoms with Gasteiger partial charge in [0.25, 0.3) is 0 Å². The number of nitrogens with zero attached hydrogens (tertiary/aromatic N) is 6. The monoisotopic (exact) mass is 430 g/mol. The molecule has 0 unspecified atom stereocenters. The SMILES string of the molecule is COc1ncccc1-c1cnn2ccc(N3CCN(S(=O)(=O)CC(C)C)CC3)nc12. The van der Waals surface area contributed by atoms with Gasteiger partial charge in [-0.3, -0.25) is 0 Å². The van der Waals surface area contributed by atoms with Gasteiger partial charge in [-0.15, -0.1) is 0 Å². The number of aromatic nitrogens is 4. The van der Waals surface area contributed by atoms with Crippen molar-refractivity contribution in [1.82, 2.24) is 23.9 Å². The summed E-state index contributed by atoms with van der Waals surface area (Å²) in [5.41, 5.74) is 2.36. The number of rotatable bonds is 6. The fourth-order valence-corrected chi connectivity index (χ4v) is 5.48. The van der Waals surface area contributed by atoms with E-state index in [0.717, 1.165) is 16.9 Å². The van der Waals surface area contributed by atoms with Crippen LogP contribution in [-0.4, -0.2) is 71.3 Å². The van der Waals surface area contributed by atoms with Crippen molar-refractivity contribution < 1.29 is 13.2 Å². The molecule has 0 spiro atoms. The molecular formula is C20H26N6O3S. The van der Waals surface area contributed by atoms with Crippen LogP contribution in [0.15, 0.2) is 36.8 Å². The number of pyridine rings is 1. The molecule has 0 N–H and O–H groups in total. The predicted molar refractivity (Wildman–Crippen MR) is 115 cm³/mol. The van der Waals surface area contributed by atoms with E-state index in [0.29, 0.717) is 37.7 Å². The van der Waals surface area contributed by atoms with Crippen LogP contribution >= 0.6 is 0 Å². The van der Waals surface area contributed by atoms with Crippen molar-refractivity contribution in [2.75, 3.05) is 43.9 Å². The van der Waals surface area contributed by atoms with Gasteiger partial charge in [0.05, 0.1) is 24.6 Å². The lowest BCUT2D eigenvalue weighted by Gasteiger charge is -2.35. The average molecular weight is 431 g/mol. The van der Waals surface area contributed by atoms with Crippen LogP contribution in [0.25, 0.3) is 16.8 Å². The van der Waals surface area contributed by atoms with Gasteiger partial charge in [-0.25, -0.2) is 22.9 Å². The smallest absolute Gasteiger partial charge is 0.221 e. The van der Waals surface area contributed by atoms with E-state index in [2.05, 4.69) is 15.0 Å². The van der Waals surface area contributed by atoms with Crippen LogP contribution in [0.3, 0.4) is 0 Å². The zero-order valence-corrected chi connectivity index (χ0v) is 18.2. The van der Waals surface area contributed by atoms with E-state index >= 15 is 0 Å². The van der Waals surface area contributed by atoms with E-state index in [4.69, 9.17) is 9.72 Å². The summed E-state index contributed by atoms with van der Waals surface area (Å²) >= 11 is 0. The van der Waals surface area contributed by atoms with Gasteiger partial charge in [0, 0.05) is 44.1 Å². The van der Waals surface area contributed by atoms with Crippen LogP contribution in [0, 0.1) is 5.92 Å². The Balaban J connectivity index is 1.58. The summed E-state index contributed by atoms with van der Waals surface area (Å²) in [5.74, 6) is 1.61. The molecule has 1 aliphatic heterocycles. The lowest BCUT2D eigenvalue weighted by molar-refractivity contribution is 0.381. The van der Waals surface area contributed by atoms with Gasteiger partial charge in [0.1, 0.15) is 5.82 Å². The molecule has 9 nitrogen and oxygen atoms in total. The lowest BCUT2D eigenvalue weighted by Crippen LogP contribution is -2.49. The molecule has 0 radical (unpaired) electrons. The van der Waals surface area contributed by atoms with Crippen molar-refractivity contribution >= 4 is 21.5 Å². The summed E-state index contributed by atoms with van der Waals surface area (Å²) in [6.45, 7) is 5.97. The molecule has 160 valence electrons. The highest BCUT2D eigenvalue weighted by Crippen LogP contribution is 2.31. The summed E-state index contributed by atoms with van der Waals surface area (Å²) in [6, 6.07) is 5.68. The van der Waals surface area contributed by atoms with E-state index in [-0.39, 0.29) is 11.7 Å². The average Bonchev–Trinajstić information content (AvgIpc) is 3.16.